The van der Waals surface area contributed by atoms with Crippen LogP contribution in [0.25, 0.3) is 0 Å². The Morgan fingerprint density at radius 2 is 1.86 bits per heavy atom. The summed E-state index contributed by atoms with van der Waals surface area (Å²) in [5.74, 6) is -0.800. The van der Waals surface area contributed by atoms with E-state index in [1.807, 2.05) is 5.32 Å². The second kappa shape index (κ2) is 8.89. The van der Waals surface area contributed by atoms with Gasteiger partial charge < -0.3 is 14.8 Å². The first-order chi connectivity index (χ1) is 10.0. The first-order valence-corrected chi connectivity index (χ1v) is 6.44. The number of hydrogen-bond donors (Lipinski definition) is 1. The highest BCUT2D eigenvalue weighted by Crippen LogP contribution is 2.08. The van der Waals surface area contributed by atoms with Gasteiger partial charge in [-0.1, -0.05) is 30.3 Å². The highest BCUT2D eigenvalue weighted by atomic mass is 19.3. The minimum atomic E-state index is -2.89. The van der Waals surface area contributed by atoms with Crippen molar-refractivity contribution in [3.8, 4) is 0 Å². The summed E-state index contributed by atoms with van der Waals surface area (Å²) in [5, 5.41) is 1.96. The summed E-state index contributed by atoms with van der Waals surface area (Å²) in [4.78, 5) is 22.6. The van der Waals surface area contributed by atoms with Crippen molar-refractivity contribution in [2.24, 2.45) is 0 Å². The maximum Gasteiger partial charge on any atom is 0.407 e. The number of ether oxygens (including phenoxy) is 2. The molecule has 21 heavy (non-hydrogen) atoms. The van der Waals surface area contributed by atoms with Crippen LogP contribution in [0.15, 0.2) is 30.3 Å². The van der Waals surface area contributed by atoms with Gasteiger partial charge in [0.25, 0.3) is 6.43 Å². The smallest absolute Gasteiger partial charge is 0.407 e. The number of nitrogens with one attached hydrogen (secondary N) is 1. The molecule has 5 nitrogen and oxygen atoms in total. The summed E-state index contributed by atoms with van der Waals surface area (Å²) >= 11 is 0. The number of alkyl halides is 2. The van der Waals surface area contributed by atoms with Crippen molar-refractivity contribution in [1.29, 1.82) is 0 Å². The fraction of sp³-hybridized carbons (Fsp3) is 0.429. The van der Waals surface area contributed by atoms with Gasteiger partial charge >= 0.3 is 12.1 Å². The molecule has 1 aromatic rings. The number of benzene rings is 1. The highest BCUT2D eigenvalue weighted by Gasteiger charge is 2.26. The second-order valence-electron chi connectivity index (χ2n) is 4.16. The van der Waals surface area contributed by atoms with E-state index in [0.717, 1.165) is 5.56 Å². The number of carbonyl (C=O) groups excluding carboxylic acids is 2. The zero-order valence-electron chi connectivity index (χ0n) is 11.6. The molecule has 1 rings (SSSR count). The van der Waals surface area contributed by atoms with Gasteiger partial charge in [0.15, 0.2) is 0 Å². The molecule has 0 radical (unpaired) electrons. The van der Waals surface area contributed by atoms with Gasteiger partial charge in [0.2, 0.25) is 0 Å². The van der Waals surface area contributed by atoms with Crippen molar-refractivity contribution in [3.63, 3.8) is 0 Å². The maximum absolute atomic E-state index is 12.7. The molecule has 0 saturated carbocycles. The number of hydrogen-bond acceptors (Lipinski definition) is 4. The van der Waals surface area contributed by atoms with Gasteiger partial charge in [-0.25, -0.2) is 13.6 Å². The van der Waals surface area contributed by atoms with Crippen LogP contribution in [0.4, 0.5) is 13.6 Å². The van der Waals surface area contributed by atoms with E-state index in [2.05, 4.69) is 4.74 Å². The number of esters is 1. The third-order valence-corrected chi connectivity index (χ3v) is 2.51. The lowest BCUT2D eigenvalue weighted by atomic mass is 10.2. The molecule has 116 valence electrons. The Hall–Kier alpha value is -2.18. The third kappa shape index (κ3) is 6.69. The Labute approximate surface area is 121 Å². The third-order valence-electron chi connectivity index (χ3n) is 2.51. The predicted molar refractivity (Wildman–Crippen MR) is 70.8 cm³/mol. The van der Waals surface area contributed by atoms with Gasteiger partial charge in [-0.3, -0.25) is 4.79 Å². The van der Waals surface area contributed by atoms with E-state index in [0.29, 0.717) is 0 Å². The minimum Gasteiger partial charge on any atom is -0.466 e. The highest BCUT2D eigenvalue weighted by molar-refractivity contribution is 5.72. The summed E-state index contributed by atoms with van der Waals surface area (Å²) in [6.07, 6.45) is -4.50. The lowest BCUT2D eigenvalue weighted by Gasteiger charge is -2.16. The van der Waals surface area contributed by atoms with Crippen molar-refractivity contribution in [2.45, 2.75) is 32.4 Å². The Morgan fingerprint density at radius 1 is 1.19 bits per heavy atom. The SMILES string of the molecule is CCOC(=O)CC(NC(=O)OCc1ccccc1)C(F)F. The quantitative estimate of drug-likeness (QED) is 0.786. The van der Waals surface area contributed by atoms with Crippen LogP contribution in [0.2, 0.25) is 0 Å². The summed E-state index contributed by atoms with van der Waals surface area (Å²) in [7, 11) is 0. The minimum absolute atomic E-state index is 0.0396. The van der Waals surface area contributed by atoms with E-state index in [-0.39, 0.29) is 13.2 Å². The molecule has 1 aromatic carbocycles. The molecule has 0 aliphatic heterocycles. The van der Waals surface area contributed by atoms with Crippen molar-refractivity contribution in [3.05, 3.63) is 35.9 Å². The van der Waals surface area contributed by atoms with Crippen LogP contribution >= 0.6 is 0 Å². The monoisotopic (exact) mass is 301 g/mol. The lowest BCUT2D eigenvalue weighted by Crippen LogP contribution is -2.42. The van der Waals surface area contributed by atoms with Crippen molar-refractivity contribution < 1.29 is 27.8 Å². The largest absolute Gasteiger partial charge is 0.466 e. The van der Waals surface area contributed by atoms with Gasteiger partial charge in [0.05, 0.1) is 13.0 Å². The van der Waals surface area contributed by atoms with Crippen LogP contribution in [0, 0.1) is 0 Å². The molecule has 7 heteroatoms. The van der Waals surface area contributed by atoms with Crippen LogP contribution in [0.1, 0.15) is 18.9 Å². The lowest BCUT2D eigenvalue weighted by molar-refractivity contribution is -0.144. The zero-order valence-corrected chi connectivity index (χ0v) is 11.6. The van der Waals surface area contributed by atoms with E-state index < -0.39 is 31.0 Å². The molecule has 0 aliphatic carbocycles. The van der Waals surface area contributed by atoms with Crippen LogP contribution in [0.5, 0.6) is 0 Å². The van der Waals surface area contributed by atoms with Crippen LogP contribution in [-0.2, 0) is 20.9 Å². The summed E-state index contributed by atoms with van der Waals surface area (Å²) in [5.41, 5.74) is 0.728. The summed E-state index contributed by atoms with van der Waals surface area (Å²) in [6.45, 7) is 1.62. The number of rotatable bonds is 7. The van der Waals surface area contributed by atoms with Crippen molar-refractivity contribution in [1.82, 2.24) is 5.32 Å². The van der Waals surface area contributed by atoms with E-state index in [9.17, 15) is 18.4 Å². The number of alkyl carbamates (subject to hydrolysis) is 1. The Morgan fingerprint density at radius 3 is 2.43 bits per heavy atom. The number of carbonyl (C=O) groups is 2. The molecule has 0 aromatic heterocycles. The fourth-order valence-corrected chi connectivity index (χ4v) is 1.52. The van der Waals surface area contributed by atoms with E-state index in [1.165, 1.54) is 0 Å². The van der Waals surface area contributed by atoms with Gasteiger partial charge in [-0.2, -0.15) is 0 Å². The average Bonchev–Trinajstić information content (AvgIpc) is 2.45. The molecule has 0 saturated heterocycles. The van der Waals surface area contributed by atoms with E-state index >= 15 is 0 Å². The Bertz CT molecular complexity index is 454. The van der Waals surface area contributed by atoms with Gasteiger partial charge in [0.1, 0.15) is 12.6 Å². The summed E-state index contributed by atoms with van der Waals surface area (Å²) in [6, 6.07) is 7.16. The molecule has 0 bridgehead atoms. The number of halogens is 2. The predicted octanol–water partition coefficient (Wildman–Crippen LogP) is 2.50. The fourth-order valence-electron chi connectivity index (χ4n) is 1.52. The molecule has 1 unspecified atom stereocenters. The zero-order chi connectivity index (χ0) is 15.7. The average molecular weight is 301 g/mol. The van der Waals surface area contributed by atoms with E-state index in [1.54, 1.807) is 37.3 Å². The molecule has 1 N–H and O–H groups in total. The van der Waals surface area contributed by atoms with Crippen LogP contribution in [-0.4, -0.2) is 31.1 Å². The van der Waals surface area contributed by atoms with Gasteiger partial charge in [-0.15, -0.1) is 0 Å². The van der Waals surface area contributed by atoms with Gasteiger partial charge in [-0.05, 0) is 12.5 Å². The van der Waals surface area contributed by atoms with E-state index in [4.69, 9.17) is 4.74 Å². The normalized spacial score (nSPS) is 11.8. The Balaban J connectivity index is 2.43. The standard InChI is InChI=1S/C14H17F2NO4/c1-2-20-12(18)8-11(13(15)16)17-14(19)21-9-10-6-4-3-5-7-10/h3-7,11,13H,2,8-9H2,1H3,(H,17,19). The maximum atomic E-state index is 12.7. The first-order valence-electron chi connectivity index (χ1n) is 6.44. The molecule has 1 atom stereocenters. The molecule has 0 aliphatic rings. The first kappa shape index (κ1) is 16.9. The molecule has 0 fully saturated rings. The molecule has 0 heterocycles. The Kier molecular flexibility index (Phi) is 7.14. The topological polar surface area (TPSA) is 64.6 Å². The van der Waals surface area contributed by atoms with Crippen LogP contribution in [0.3, 0.4) is 0 Å². The second-order valence-corrected chi connectivity index (χ2v) is 4.16. The van der Waals surface area contributed by atoms with Crippen molar-refractivity contribution >= 4 is 12.1 Å². The molecular formula is C14H17F2NO4. The number of amides is 1. The summed E-state index contributed by atoms with van der Waals surface area (Å²) < 4.78 is 34.9. The van der Waals surface area contributed by atoms with Gasteiger partial charge in [0, 0.05) is 0 Å². The molecule has 0 spiro atoms. The molecule has 1 amide bonds. The van der Waals surface area contributed by atoms with Crippen molar-refractivity contribution in [2.75, 3.05) is 6.61 Å². The van der Waals surface area contributed by atoms with Crippen LogP contribution < -0.4 is 5.32 Å². The molecular weight excluding hydrogens is 284 g/mol.